The van der Waals surface area contributed by atoms with E-state index in [1.807, 2.05) is 24.3 Å². The first-order valence-corrected chi connectivity index (χ1v) is 19.9. The van der Waals surface area contributed by atoms with Gasteiger partial charge in [-0.3, -0.25) is 9.59 Å². The number of nitrogens with two attached hydrogens (primary N) is 1. The monoisotopic (exact) mass is 741 g/mol. The van der Waals surface area contributed by atoms with Crippen LogP contribution in [0.4, 0.5) is 0 Å². The Hall–Kier alpha value is -3.78. The summed E-state index contributed by atoms with van der Waals surface area (Å²) in [5, 5.41) is 9.06. The molecule has 2 saturated carbocycles. The quantitative estimate of drug-likeness (QED) is 0.131. The van der Waals surface area contributed by atoms with Crippen LogP contribution in [-0.2, 0) is 17.8 Å². The average Bonchev–Trinajstić information content (AvgIpc) is 3.87. The van der Waals surface area contributed by atoms with Crippen LogP contribution in [-0.4, -0.2) is 48.3 Å². The number of hydrogen-bond acceptors (Lipinski definition) is 5. The molecule has 1 amide bonds. The van der Waals surface area contributed by atoms with Gasteiger partial charge >= 0.3 is 0 Å². The van der Waals surface area contributed by atoms with Crippen molar-refractivity contribution < 1.29 is 19.4 Å². The number of carbonyl (C=O) groups excluding carboxylic acids is 2. The number of hydrogen-bond donors (Lipinski definition) is 2. The highest BCUT2D eigenvalue weighted by molar-refractivity contribution is 6.30. The number of halogens is 1. The number of carbonyl (C=O) groups is 2. The maximum absolute atomic E-state index is 14.2. The number of nitrogens with zero attached hydrogens (tertiary/aromatic N) is 2. The number of aliphatic hydroxyl groups excluding tert-OH is 1. The van der Waals surface area contributed by atoms with Crippen molar-refractivity contribution in [1.82, 2.24) is 4.57 Å². The Morgan fingerprint density at radius 2 is 1.66 bits per heavy atom. The third-order valence-corrected chi connectivity index (χ3v) is 11.2. The molecule has 3 N–H and O–H groups in total. The Labute approximate surface area is 322 Å². The summed E-state index contributed by atoms with van der Waals surface area (Å²) in [5.41, 5.74) is 13.1. The van der Waals surface area contributed by atoms with Gasteiger partial charge in [-0.1, -0.05) is 88.7 Å². The second-order valence-electron chi connectivity index (χ2n) is 14.3. The number of aromatic nitrogens is 1. The fraction of sp³-hybridized carbons (Fsp3) is 0.489. The number of ether oxygens (including phenoxy) is 1. The van der Waals surface area contributed by atoms with Crippen LogP contribution in [0.2, 0.25) is 5.02 Å². The van der Waals surface area contributed by atoms with Gasteiger partial charge in [-0.2, -0.15) is 0 Å². The van der Waals surface area contributed by atoms with E-state index in [4.69, 9.17) is 26.4 Å². The molecule has 2 aliphatic carbocycles. The van der Waals surface area contributed by atoms with E-state index in [1.165, 1.54) is 72.5 Å². The first-order chi connectivity index (χ1) is 25.7. The van der Waals surface area contributed by atoms with Gasteiger partial charge in [0.15, 0.2) is 5.78 Å². The van der Waals surface area contributed by atoms with Gasteiger partial charge in [0.2, 0.25) is 0 Å². The molecule has 0 spiro atoms. The van der Waals surface area contributed by atoms with Crippen LogP contribution in [0.15, 0.2) is 65.7 Å². The second-order valence-corrected chi connectivity index (χ2v) is 14.7. The van der Waals surface area contributed by atoms with Gasteiger partial charge in [0.1, 0.15) is 5.75 Å². The summed E-state index contributed by atoms with van der Waals surface area (Å²) in [6, 6.07) is 20.6. The largest absolute Gasteiger partial charge is 0.497 e. The van der Waals surface area contributed by atoms with Crippen LogP contribution < -0.4 is 10.5 Å². The van der Waals surface area contributed by atoms with Crippen molar-refractivity contribution in [3.63, 3.8) is 0 Å². The highest BCUT2D eigenvalue weighted by atomic mass is 35.5. The fourth-order valence-electron chi connectivity index (χ4n) is 8.33. The molecule has 7 rings (SSSR count). The Morgan fingerprint density at radius 3 is 2.25 bits per heavy atom. The molecule has 0 radical (unpaired) electrons. The summed E-state index contributed by atoms with van der Waals surface area (Å²) < 4.78 is 8.09. The predicted molar refractivity (Wildman–Crippen MR) is 221 cm³/mol. The van der Waals surface area contributed by atoms with Crippen LogP contribution in [0.25, 0.3) is 22.2 Å². The van der Waals surface area contributed by atoms with Gasteiger partial charge in [-0.25, -0.2) is 4.99 Å². The normalized spacial score (nSPS) is 18.2. The standard InChI is InChI=1S/C35H42N2O3.C8H9Cl.CH5N.CH4O/c1-5-10-25(11-6-2)36-34(39)35-20-30(35)29-19-26(40-4)15-17-27(29)33-32(23-12-8-7-9-13-23)28-16-14-24(22(3)38)18-31(28)37(33)21-35;1-2-7-4-3-5-8(9)6-7;2*1-2/h14-19,23,30H,5-13,20-21H2,1-4H3;3-6H,2H2,1H3;2H2,1H3;2H,1H3. The zero-order valence-electron chi connectivity index (χ0n) is 32.9. The van der Waals surface area contributed by atoms with Crippen molar-refractivity contribution in [2.24, 2.45) is 16.1 Å². The Balaban J connectivity index is 0.000000415. The maximum atomic E-state index is 14.2. The molecule has 4 aromatic rings. The minimum Gasteiger partial charge on any atom is -0.497 e. The van der Waals surface area contributed by atoms with Gasteiger partial charge < -0.3 is 20.1 Å². The molecular weight excluding hydrogens is 682 g/mol. The van der Waals surface area contributed by atoms with E-state index in [9.17, 15) is 9.59 Å². The zero-order valence-corrected chi connectivity index (χ0v) is 33.7. The molecule has 2 fully saturated rings. The van der Waals surface area contributed by atoms with Crippen LogP contribution >= 0.6 is 11.6 Å². The average molecular weight is 742 g/mol. The molecule has 0 bridgehead atoms. The number of fused-ring (bicyclic) bond motifs is 7. The zero-order chi connectivity index (χ0) is 38.7. The Morgan fingerprint density at radius 1 is 0.962 bits per heavy atom. The van der Waals surface area contributed by atoms with E-state index in [0.29, 0.717) is 12.5 Å². The molecule has 1 aliphatic heterocycles. The molecule has 2 unspecified atom stereocenters. The van der Waals surface area contributed by atoms with E-state index in [1.54, 1.807) is 14.0 Å². The smallest absolute Gasteiger partial charge is 0.254 e. The third-order valence-electron chi connectivity index (χ3n) is 11.0. The van der Waals surface area contributed by atoms with Gasteiger partial charge in [0.05, 0.1) is 18.2 Å². The topological polar surface area (TPSA) is 107 Å². The summed E-state index contributed by atoms with van der Waals surface area (Å²) in [4.78, 5) is 31.5. The fourth-order valence-corrected chi connectivity index (χ4v) is 8.54. The van der Waals surface area contributed by atoms with Gasteiger partial charge in [-0.15, -0.1) is 0 Å². The summed E-state index contributed by atoms with van der Waals surface area (Å²) >= 11 is 5.72. The molecule has 2 atom stereocenters. The van der Waals surface area contributed by atoms with Crippen molar-refractivity contribution in [2.75, 3.05) is 21.3 Å². The summed E-state index contributed by atoms with van der Waals surface area (Å²) in [5.74, 6) is 1.52. The molecule has 3 aliphatic rings. The van der Waals surface area contributed by atoms with Crippen LogP contribution in [0.3, 0.4) is 0 Å². The number of ketones is 1. The molecule has 2 heterocycles. The molecule has 286 valence electrons. The minimum atomic E-state index is -0.568. The summed E-state index contributed by atoms with van der Waals surface area (Å²) in [7, 11) is 4.21. The number of aliphatic hydroxyl groups is 1. The van der Waals surface area contributed by atoms with Gasteiger partial charge in [-0.05, 0) is 112 Å². The van der Waals surface area contributed by atoms with Crippen molar-refractivity contribution in [1.29, 1.82) is 0 Å². The summed E-state index contributed by atoms with van der Waals surface area (Å²) in [6.07, 6.45) is 11.7. The van der Waals surface area contributed by atoms with Gasteiger partial charge in [0.25, 0.3) is 5.91 Å². The van der Waals surface area contributed by atoms with Gasteiger partial charge in [0, 0.05) is 52.3 Å². The van der Waals surface area contributed by atoms with Crippen LogP contribution in [0.1, 0.15) is 131 Å². The molecular formula is C45H60ClN3O4. The molecule has 0 saturated heterocycles. The number of aryl methyl sites for hydroxylation is 1. The number of methoxy groups -OCH3 is 1. The Kier molecular flexibility index (Phi) is 15.5. The lowest BCUT2D eigenvalue weighted by Gasteiger charge is -2.24. The number of rotatable bonds is 9. The lowest BCUT2D eigenvalue weighted by Crippen LogP contribution is -2.23. The van der Waals surface area contributed by atoms with Crippen LogP contribution in [0.5, 0.6) is 5.75 Å². The van der Waals surface area contributed by atoms with E-state index in [-0.39, 0.29) is 17.6 Å². The molecule has 1 aromatic heterocycles. The lowest BCUT2D eigenvalue weighted by atomic mass is 9.81. The number of aliphatic imine (C=N–C) groups is 1. The minimum absolute atomic E-state index is 0.0276. The second kappa shape index (κ2) is 19.5. The molecule has 8 heteroatoms. The number of benzene rings is 3. The SMILES string of the molecule is CCCC(CCC)=NC(=O)C12CC1c1cc(OC)ccc1-c1c(C3CCCCC3)c3ccc(C(C)=O)cc3n1C2.CCc1cccc(Cl)c1.CN.CO. The van der Waals surface area contributed by atoms with E-state index in [2.05, 4.69) is 67.5 Å². The third kappa shape index (κ3) is 9.13. The predicted octanol–water partition coefficient (Wildman–Crippen LogP) is 10.7. The summed E-state index contributed by atoms with van der Waals surface area (Å²) in [6.45, 7) is 8.66. The highest BCUT2D eigenvalue weighted by Crippen LogP contribution is 2.66. The van der Waals surface area contributed by atoms with E-state index < -0.39 is 5.41 Å². The van der Waals surface area contributed by atoms with E-state index >= 15 is 0 Å². The van der Waals surface area contributed by atoms with Crippen molar-refractivity contribution in [2.45, 2.75) is 117 Å². The van der Waals surface area contributed by atoms with Crippen molar-refractivity contribution in [3.8, 4) is 17.0 Å². The number of amides is 1. The van der Waals surface area contributed by atoms with E-state index in [0.717, 1.165) is 73.2 Å². The van der Waals surface area contributed by atoms with Crippen molar-refractivity contribution >= 4 is 39.9 Å². The Bertz CT molecular complexity index is 1880. The van der Waals surface area contributed by atoms with Crippen LogP contribution in [0, 0.1) is 5.41 Å². The highest BCUT2D eigenvalue weighted by Gasteiger charge is 2.63. The first kappa shape index (κ1) is 42.0. The lowest BCUT2D eigenvalue weighted by molar-refractivity contribution is -0.123. The molecule has 53 heavy (non-hydrogen) atoms. The maximum Gasteiger partial charge on any atom is 0.254 e. The number of Topliss-reactive ketones (excluding diaryl/α,β-unsaturated/α-hetero) is 1. The van der Waals surface area contributed by atoms with Crippen molar-refractivity contribution in [3.05, 3.63) is 87.9 Å². The molecule has 7 nitrogen and oxygen atoms in total. The molecule has 3 aromatic carbocycles. The first-order valence-electron chi connectivity index (χ1n) is 19.5.